The summed E-state index contributed by atoms with van der Waals surface area (Å²) in [4.78, 5) is 10.8. The Kier molecular flexibility index (Phi) is 8.93. The third-order valence-corrected chi connectivity index (χ3v) is 7.63. The number of nitrogens with zero attached hydrogens (tertiary/aromatic N) is 2. The molecular weight excluding hydrogens is 583 g/mol. The van der Waals surface area contributed by atoms with E-state index in [9.17, 15) is 26.4 Å². The maximum absolute atomic E-state index is 13.1. The van der Waals surface area contributed by atoms with Crippen molar-refractivity contribution >= 4 is 26.8 Å². The number of aryl methyl sites for hydroxylation is 1. The minimum atomic E-state index is -4.61. The van der Waals surface area contributed by atoms with Crippen LogP contribution in [0.5, 0.6) is 5.75 Å². The highest BCUT2D eigenvalue weighted by Crippen LogP contribution is 2.33. The van der Waals surface area contributed by atoms with Gasteiger partial charge in [-0.3, -0.25) is 4.79 Å². The molecule has 4 aromatic carbocycles. The molecule has 0 saturated carbocycles. The monoisotopic (exact) mass is 611 g/mol. The number of aliphatic carboxylic acids is 1. The van der Waals surface area contributed by atoms with Crippen LogP contribution in [0.4, 0.5) is 13.2 Å². The van der Waals surface area contributed by atoms with E-state index < -0.39 is 33.8 Å². The maximum Gasteiger partial charge on any atom is 0.435 e. The fourth-order valence-electron chi connectivity index (χ4n) is 4.20. The molecule has 0 spiro atoms. The molecule has 5 rings (SSSR count). The second-order valence-electron chi connectivity index (χ2n) is 9.76. The Bertz CT molecular complexity index is 1870. The number of carboxylic acid groups (broad SMARTS) is 1. The van der Waals surface area contributed by atoms with Gasteiger partial charge < -0.3 is 9.84 Å². The summed E-state index contributed by atoms with van der Waals surface area (Å²) < 4.78 is 68.3. The number of methoxy groups -OCH3 is 1. The maximum atomic E-state index is 13.1. The smallest absolute Gasteiger partial charge is 0.435 e. The lowest BCUT2D eigenvalue weighted by Crippen LogP contribution is -2.12. The third-order valence-electron chi connectivity index (χ3n) is 6.70. The van der Waals surface area contributed by atoms with Crippen LogP contribution < -0.4 is 9.88 Å². The van der Waals surface area contributed by atoms with Gasteiger partial charge in [-0.15, -0.1) is 0 Å². The minimum Gasteiger partial charge on any atom is -0.497 e. The van der Waals surface area contributed by atoms with Crippen LogP contribution in [0.25, 0.3) is 27.7 Å². The van der Waals surface area contributed by atoms with Gasteiger partial charge in [0.05, 0.1) is 29.3 Å². The van der Waals surface area contributed by atoms with Crippen LogP contribution in [0.1, 0.15) is 29.7 Å². The second-order valence-corrected chi connectivity index (χ2v) is 11.3. The molecule has 8 nitrogen and oxygen atoms in total. The molecule has 0 amide bonds. The Morgan fingerprint density at radius 1 is 0.930 bits per heavy atom. The lowest BCUT2D eigenvalue weighted by Gasteiger charge is -2.09. The number of sulfonamides is 1. The predicted molar refractivity (Wildman–Crippen MR) is 157 cm³/mol. The molecule has 1 heterocycles. The molecule has 0 aliphatic heterocycles. The lowest BCUT2D eigenvalue weighted by atomic mass is 9.98. The van der Waals surface area contributed by atoms with E-state index in [1.54, 1.807) is 38.3 Å². The van der Waals surface area contributed by atoms with Crippen LogP contribution in [-0.4, -0.2) is 36.4 Å². The van der Waals surface area contributed by atoms with Crippen molar-refractivity contribution in [2.45, 2.75) is 30.8 Å². The number of carbonyl (C=O) groups is 1. The normalized spacial score (nSPS) is 12.3. The summed E-state index contributed by atoms with van der Waals surface area (Å²) in [5, 5.41) is 19.7. The van der Waals surface area contributed by atoms with Crippen molar-refractivity contribution in [2.75, 3.05) is 7.11 Å². The van der Waals surface area contributed by atoms with Crippen LogP contribution in [0.2, 0.25) is 0 Å². The predicted octanol–water partition coefficient (Wildman–Crippen LogP) is 6.55. The van der Waals surface area contributed by atoms with E-state index in [1.807, 2.05) is 43.3 Å². The van der Waals surface area contributed by atoms with Gasteiger partial charge in [0.25, 0.3) is 0 Å². The fourth-order valence-corrected chi connectivity index (χ4v) is 4.72. The van der Waals surface area contributed by atoms with Crippen LogP contribution in [-0.2, 0) is 21.0 Å². The number of ether oxygens (including phenoxy) is 1. The number of halogens is 3. The van der Waals surface area contributed by atoms with Gasteiger partial charge in [0.15, 0.2) is 5.69 Å². The van der Waals surface area contributed by atoms with Gasteiger partial charge in [0.1, 0.15) is 5.75 Å². The molecular formula is C31H28F3N3O5S. The molecule has 0 radical (unpaired) electrons. The number of alkyl halides is 3. The topological polar surface area (TPSA) is 125 Å². The first-order valence-corrected chi connectivity index (χ1v) is 14.4. The van der Waals surface area contributed by atoms with Crippen molar-refractivity contribution < 1.29 is 36.2 Å². The molecule has 0 unspecified atom stereocenters. The fraction of sp³-hybridized carbons (Fsp3) is 0.161. The number of rotatable bonds is 6. The second kappa shape index (κ2) is 12.3. The van der Waals surface area contributed by atoms with Crippen molar-refractivity contribution in [3.05, 3.63) is 108 Å². The van der Waals surface area contributed by atoms with E-state index in [1.165, 1.54) is 24.3 Å². The zero-order valence-corrected chi connectivity index (χ0v) is 24.1. The molecule has 1 atom stereocenters. The van der Waals surface area contributed by atoms with E-state index >= 15 is 0 Å². The van der Waals surface area contributed by atoms with Crippen LogP contribution in [0, 0.1) is 6.92 Å². The van der Waals surface area contributed by atoms with Crippen LogP contribution >= 0.6 is 0 Å². The van der Waals surface area contributed by atoms with Crippen LogP contribution in [0.3, 0.4) is 0 Å². The summed E-state index contributed by atoms with van der Waals surface area (Å²) in [5.74, 6) is -0.490. The number of fused-ring (bicyclic) bond motifs is 1. The van der Waals surface area contributed by atoms with Gasteiger partial charge in [-0.2, -0.15) is 18.3 Å². The summed E-state index contributed by atoms with van der Waals surface area (Å²) in [5.41, 5.74) is 1.81. The van der Waals surface area contributed by atoms with Crippen molar-refractivity contribution in [3.8, 4) is 22.7 Å². The molecule has 1 aromatic heterocycles. The molecule has 5 aromatic rings. The molecule has 0 aliphatic carbocycles. The summed E-state index contributed by atoms with van der Waals surface area (Å²) >= 11 is 0. The Balaban J connectivity index is 0.000000215. The first-order valence-electron chi connectivity index (χ1n) is 12.9. The highest BCUT2D eigenvalue weighted by Gasteiger charge is 2.35. The SMILES string of the molecule is COc1ccc2cc([C@H](C)C(=O)O)ccc2c1.Cc1ccc(-c2cc(C(F)(F)F)nn2-c2ccc(S(N)(=O)=O)cc2)cc1. The number of aromatic nitrogens is 2. The number of carboxylic acids is 1. The first kappa shape index (κ1) is 31.3. The van der Waals surface area contributed by atoms with E-state index in [2.05, 4.69) is 5.10 Å². The average Bonchev–Trinajstić information content (AvgIpc) is 3.43. The van der Waals surface area contributed by atoms with Gasteiger partial charge in [0.2, 0.25) is 10.0 Å². The summed E-state index contributed by atoms with van der Waals surface area (Å²) in [7, 11) is -2.27. The minimum absolute atomic E-state index is 0.138. The van der Waals surface area contributed by atoms with Crippen molar-refractivity contribution in [1.82, 2.24) is 9.78 Å². The Labute approximate surface area is 246 Å². The average molecular weight is 612 g/mol. The van der Waals surface area contributed by atoms with Gasteiger partial charge in [-0.05, 0) is 72.6 Å². The number of hydrogen-bond donors (Lipinski definition) is 2. The number of benzene rings is 4. The first-order chi connectivity index (χ1) is 20.2. The molecule has 224 valence electrons. The van der Waals surface area contributed by atoms with Crippen LogP contribution in [0.15, 0.2) is 95.9 Å². The summed E-state index contributed by atoms with van der Waals surface area (Å²) in [6.07, 6.45) is -4.61. The quantitative estimate of drug-likeness (QED) is 0.224. The number of primary sulfonamides is 1. The highest BCUT2D eigenvalue weighted by molar-refractivity contribution is 7.89. The summed E-state index contributed by atoms with van der Waals surface area (Å²) in [6, 6.07) is 24.5. The van der Waals surface area contributed by atoms with Crippen molar-refractivity contribution in [2.24, 2.45) is 5.14 Å². The summed E-state index contributed by atoms with van der Waals surface area (Å²) in [6.45, 7) is 3.56. The number of hydrogen-bond acceptors (Lipinski definition) is 5. The Hall–Kier alpha value is -4.68. The van der Waals surface area contributed by atoms with E-state index in [0.717, 1.165) is 38.4 Å². The number of nitrogens with two attached hydrogens (primary N) is 1. The molecule has 3 N–H and O–H groups in total. The van der Waals surface area contributed by atoms with Gasteiger partial charge in [-0.1, -0.05) is 54.1 Å². The Morgan fingerprint density at radius 2 is 1.53 bits per heavy atom. The van der Waals surface area contributed by atoms with Gasteiger partial charge in [-0.25, -0.2) is 18.2 Å². The van der Waals surface area contributed by atoms with E-state index in [4.69, 9.17) is 15.0 Å². The largest absolute Gasteiger partial charge is 0.497 e. The highest BCUT2D eigenvalue weighted by atomic mass is 32.2. The molecule has 0 bridgehead atoms. The zero-order valence-electron chi connectivity index (χ0n) is 23.3. The zero-order chi connectivity index (χ0) is 31.5. The molecule has 43 heavy (non-hydrogen) atoms. The molecule has 0 saturated heterocycles. The van der Waals surface area contributed by atoms with Crippen molar-refractivity contribution in [1.29, 1.82) is 0 Å². The third kappa shape index (κ3) is 7.40. The van der Waals surface area contributed by atoms with E-state index in [0.29, 0.717) is 5.56 Å². The molecule has 12 heteroatoms. The Morgan fingerprint density at radius 3 is 2.09 bits per heavy atom. The van der Waals surface area contributed by atoms with Crippen molar-refractivity contribution in [3.63, 3.8) is 0 Å². The van der Waals surface area contributed by atoms with Gasteiger partial charge >= 0.3 is 12.1 Å². The molecule has 0 fully saturated rings. The van der Waals surface area contributed by atoms with Gasteiger partial charge in [0, 0.05) is 5.56 Å². The lowest BCUT2D eigenvalue weighted by molar-refractivity contribution is -0.141. The molecule has 0 aliphatic rings. The standard InChI is InChI=1S/C17H14F3N3O2S.C14H14O3/c1-11-2-4-12(5-3-11)15-10-16(17(18,19)20)22-23(15)13-6-8-14(9-7-13)26(21,24)25;1-9(14(15)16)10-3-4-12-8-13(17-2)6-5-11(12)7-10/h2-10H,1H3,(H2,21,24,25);3-9H,1-2H3,(H,15,16)/t;9-/m.0/s1. The van der Waals surface area contributed by atoms with E-state index in [-0.39, 0.29) is 16.3 Å².